The number of nitrogens with zero attached hydrogens (tertiary/aromatic N) is 1. The third-order valence-corrected chi connectivity index (χ3v) is 3.33. The summed E-state index contributed by atoms with van der Waals surface area (Å²) >= 11 is 0. The van der Waals surface area contributed by atoms with Crippen molar-refractivity contribution >= 4 is 16.7 Å². The lowest BCUT2D eigenvalue weighted by Gasteiger charge is -2.04. The van der Waals surface area contributed by atoms with Crippen LogP contribution in [0.25, 0.3) is 22.2 Å². The molecular weight excluding hydrogens is 250 g/mol. The van der Waals surface area contributed by atoms with Gasteiger partial charge >= 0.3 is 0 Å². The second kappa shape index (κ2) is 4.93. The lowest BCUT2D eigenvalue weighted by Crippen LogP contribution is -1.92. The average molecular weight is 265 g/mol. The van der Waals surface area contributed by atoms with Crippen molar-refractivity contribution in [1.29, 1.82) is 0 Å². The number of ketones is 1. The number of fused-ring (bicyclic) bond motifs is 1. The standard InChI is InChI=1S/C17H15NO2/c1-3-14(19)16-10-9-15(20-16)13-6-4-5-12-8-7-11(2)18-17(12)13/h4-10H,3H2,1-2H3. The molecule has 3 heteroatoms. The van der Waals surface area contributed by atoms with E-state index in [0.717, 1.165) is 22.2 Å². The number of pyridine rings is 1. The lowest BCUT2D eigenvalue weighted by atomic mass is 10.1. The van der Waals surface area contributed by atoms with Crippen molar-refractivity contribution < 1.29 is 9.21 Å². The van der Waals surface area contributed by atoms with E-state index in [1.807, 2.05) is 50.2 Å². The topological polar surface area (TPSA) is 43.1 Å². The molecule has 3 nitrogen and oxygen atoms in total. The van der Waals surface area contributed by atoms with Gasteiger partial charge in [-0.3, -0.25) is 9.78 Å². The summed E-state index contributed by atoms with van der Waals surface area (Å²) in [5.74, 6) is 1.11. The number of aromatic nitrogens is 1. The minimum Gasteiger partial charge on any atom is -0.453 e. The third kappa shape index (κ3) is 2.11. The van der Waals surface area contributed by atoms with Crippen LogP contribution in [0.1, 0.15) is 29.6 Å². The first-order valence-electron chi connectivity index (χ1n) is 6.69. The van der Waals surface area contributed by atoms with E-state index in [4.69, 9.17) is 4.42 Å². The molecule has 2 aromatic heterocycles. The van der Waals surface area contributed by atoms with Crippen LogP contribution in [0.3, 0.4) is 0 Å². The van der Waals surface area contributed by atoms with Crippen LogP contribution >= 0.6 is 0 Å². The van der Waals surface area contributed by atoms with E-state index in [1.54, 1.807) is 6.07 Å². The summed E-state index contributed by atoms with van der Waals surface area (Å²) in [6, 6.07) is 13.6. The highest BCUT2D eigenvalue weighted by Crippen LogP contribution is 2.29. The van der Waals surface area contributed by atoms with Gasteiger partial charge in [0, 0.05) is 23.1 Å². The Balaban J connectivity index is 2.16. The Morgan fingerprint density at radius 3 is 2.80 bits per heavy atom. The summed E-state index contributed by atoms with van der Waals surface area (Å²) in [6.07, 6.45) is 0.444. The van der Waals surface area contributed by atoms with Crippen LogP contribution in [-0.2, 0) is 0 Å². The van der Waals surface area contributed by atoms with E-state index in [2.05, 4.69) is 4.98 Å². The highest BCUT2D eigenvalue weighted by molar-refractivity contribution is 5.96. The fraction of sp³-hybridized carbons (Fsp3) is 0.176. The molecule has 0 aliphatic carbocycles. The van der Waals surface area contributed by atoms with Crippen LogP contribution in [-0.4, -0.2) is 10.8 Å². The van der Waals surface area contributed by atoms with Crippen LogP contribution in [0.2, 0.25) is 0 Å². The number of furan rings is 1. The predicted octanol–water partition coefficient (Wildman–Crippen LogP) is 4.40. The van der Waals surface area contributed by atoms with Crippen molar-refractivity contribution in [2.75, 3.05) is 0 Å². The van der Waals surface area contributed by atoms with Gasteiger partial charge < -0.3 is 4.42 Å². The van der Waals surface area contributed by atoms with Crippen LogP contribution in [0, 0.1) is 6.92 Å². The zero-order valence-corrected chi connectivity index (χ0v) is 11.5. The van der Waals surface area contributed by atoms with Gasteiger partial charge in [0.1, 0.15) is 5.76 Å². The van der Waals surface area contributed by atoms with Gasteiger partial charge in [-0.25, -0.2) is 0 Å². The Labute approximate surface area is 117 Å². The third-order valence-electron chi connectivity index (χ3n) is 3.33. The predicted molar refractivity (Wildman–Crippen MR) is 78.8 cm³/mol. The fourth-order valence-corrected chi connectivity index (χ4v) is 2.25. The van der Waals surface area contributed by atoms with E-state index in [9.17, 15) is 4.79 Å². The highest BCUT2D eigenvalue weighted by atomic mass is 16.3. The molecule has 3 aromatic rings. The first-order valence-corrected chi connectivity index (χ1v) is 6.69. The first kappa shape index (κ1) is 12.6. The van der Waals surface area contributed by atoms with Crippen molar-refractivity contribution in [3.8, 4) is 11.3 Å². The van der Waals surface area contributed by atoms with E-state index < -0.39 is 0 Å². The smallest absolute Gasteiger partial charge is 0.197 e. The Kier molecular flexibility index (Phi) is 3.11. The number of carbonyl (C=O) groups is 1. The second-order valence-corrected chi connectivity index (χ2v) is 4.77. The molecule has 100 valence electrons. The molecule has 0 spiro atoms. The van der Waals surface area contributed by atoms with Crippen LogP contribution < -0.4 is 0 Å². The maximum absolute atomic E-state index is 11.7. The van der Waals surface area contributed by atoms with E-state index in [-0.39, 0.29) is 5.78 Å². The molecule has 1 aromatic carbocycles. The summed E-state index contributed by atoms with van der Waals surface area (Å²) < 4.78 is 5.68. The molecule has 0 aliphatic heterocycles. The monoisotopic (exact) mass is 265 g/mol. The zero-order chi connectivity index (χ0) is 14.1. The van der Waals surface area contributed by atoms with Crippen molar-refractivity contribution in [2.45, 2.75) is 20.3 Å². The number of hydrogen-bond acceptors (Lipinski definition) is 3. The Morgan fingerprint density at radius 1 is 1.15 bits per heavy atom. The number of benzene rings is 1. The van der Waals surface area contributed by atoms with Gasteiger partial charge in [0.15, 0.2) is 11.5 Å². The SMILES string of the molecule is CCC(=O)c1ccc(-c2cccc3ccc(C)nc23)o1. The van der Waals surface area contributed by atoms with Gasteiger partial charge in [-0.05, 0) is 31.2 Å². The molecule has 0 saturated heterocycles. The number of aryl methyl sites for hydroxylation is 1. The van der Waals surface area contributed by atoms with Gasteiger partial charge in [0.2, 0.25) is 0 Å². The number of rotatable bonds is 3. The number of para-hydroxylation sites is 1. The van der Waals surface area contributed by atoms with Gasteiger partial charge in [-0.15, -0.1) is 0 Å². The fourth-order valence-electron chi connectivity index (χ4n) is 2.25. The number of carbonyl (C=O) groups excluding carboxylic acids is 1. The second-order valence-electron chi connectivity index (χ2n) is 4.77. The highest BCUT2D eigenvalue weighted by Gasteiger charge is 2.13. The molecule has 0 fully saturated rings. The molecule has 0 saturated carbocycles. The Hall–Kier alpha value is -2.42. The van der Waals surface area contributed by atoms with Gasteiger partial charge in [-0.1, -0.05) is 25.1 Å². The minimum atomic E-state index is 0.0145. The van der Waals surface area contributed by atoms with E-state index in [0.29, 0.717) is 17.9 Å². The number of Topliss-reactive ketones (excluding diaryl/α,β-unsaturated/α-hetero) is 1. The molecular formula is C17H15NO2. The zero-order valence-electron chi connectivity index (χ0n) is 11.5. The summed E-state index contributed by atoms with van der Waals surface area (Å²) in [5.41, 5.74) is 2.78. The van der Waals surface area contributed by atoms with Gasteiger partial charge in [-0.2, -0.15) is 0 Å². The normalized spacial score (nSPS) is 10.9. The maximum atomic E-state index is 11.7. The lowest BCUT2D eigenvalue weighted by molar-refractivity contribution is 0.0962. The minimum absolute atomic E-state index is 0.0145. The molecule has 0 unspecified atom stereocenters. The Morgan fingerprint density at radius 2 is 2.00 bits per heavy atom. The van der Waals surface area contributed by atoms with Crippen molar-refractivity contribution in [3.63, 3.8) is 0 Å². The molecule has 2 heterocycles. The molecule has 3 rings (SSSR count). The largest absolute Gasteiger partial charge is 0.453 e. The summed E-state index contributed by atoms with van der Waals surface area (Å²) in [5, 5.41) is 1.06. The molecule has 20 heavy (non-hydrogen) atoms. The molecule has 0 bridgehead atoms. The van der Waals surface area contributed by atoms with Gasteiger partial charge in [0.05, 0.1) is 5.52 Å². The summed E-state index contributed by atoms with van der Waals surface area (Å²) in [6.45, 7) is 3.79. The molecule has 0 aliphatic rings. The van der Waals surface area contributed by atoms with Gasteiger partial charge in [0.25, 0.3) is 0 Å². The van der Waals surface area contributed by atoms with E-state index in [1.165, 1.54) is 0 Å². The quantitative estimate of drug-likeness (QED) is 0.659. The van der Waals surface area contributed by atoms with E-state index >= 15 is 0 Å². The van der Waals surface area contributed by atoms with Crippen LogP contribution in [0.5, 0.6) is 0 Å². The van der Waals surface area contributed by atoms with Crippen LogP contribution in [0.15, 0.2) is 46.9 Å². The first-order chi connectivity index (χ1) is 9.69. The summed E-state index contributed by atoms with van der Waals surface area (Å²) in [7, 11) is 0. The molecule has 0 amide bonds. The van der Waals surface area contributed by atoms with Crippen molar-refractivity contribution in [2.24, 2.45) is 0 Å². The van der Waals surface area contributed by atoms with Crippen LogP contribution in [0.4, 0.5) is 0 Å². The van der Waals surface area contributed by atoms with Crippen molar-refractivity contribution in [3.05, 3.63) is 53.9 Å². The molecule has 0 radical (unpaired) electrons. The number of hydrogen-bond donors (Lipinski definition) is 0. The molecule has 0 N–H and O–H groups in total. The average Bonchev–Trinajstić information content (AvgIpc) is 2.95. The Bertz CT molecular complexity index is 787. The summed E-state index contributed by atoms with van der Waals surface area (Å²) in [4.78, 5) is 16.2. The van der Waals surface area contributed by atoms with Crippen molar-refractivity contribution in [1.82, 2.24) is 4.98 Å². The molecule has 0 atom stereocenters. The maximum Gasteiger partial charge on any atom is 0.197 e.